The van der Waals surface area contributed by atoms with Crippen LogP contribution in [0, 0.1) is 0 Å². The second-order valence-corrected chi connectivity index (χ2v) is 6.63. The van der Waals surface area contributed by atoms with Gasteiger partial charge in [0, 0.05) is 5.02 Å². The van der Waals surface area contributed by atoms with Crippen LogP contribution in [0.3, 0.4) is 0 Å². The molecular weight excluding hydrogens is 383 g/mol. The van der Waals surface area contributed by atoms with Crippen LogP contribution in [-0.2, 0) is 0 Å². The first-order chi connectivity index (χ1) is 13.1. The Labute approximate surface area is 165 Å². The van der Waals surface area contributed by atoms with Crippen molar-refractivity contribution in [2.24, 2.45) is 5.10 Å². The molecule has 7 heteroatoms. The SMILES string of the molecule is COc1ccc2cc(/C=N\Nc3nc4cc(Cl)ccc4nc3Cl)ccc2c1. The lowest BCUT2D eigenvalue weighted by Gasteiger charge is -2.05. The molecule has 0 amide bonds. The number of hydrogen-bond donors (Lipinski definition) is 1. The molecule has 27 heavy (non-hydrogen) atoms. The normalized spacial score (nSPS) is 11.4. The summed E-state index contributed by atoms with van der Waals surface area (Å²) in [7, 11) is 1.66. The van der Waals surface area contributed by atoms with Crippen LogP contribution in [0.15, 0.2) is 59.7 Å². The Morgan fingerprint density at radius 1 is 0.926 bits per heavy atom. The average molecular weight is 397 g/mol. The van der Waals surface area contributed by atoms with Crippen molar-refractivity contribution in [1.82, 2.24) is 9.97 Å². The minimum atomic E-state index is 0.243. The zero-order valence-corrected chi connectivity index (χ0v) is 15.8. The van der Waals surface area contributed by atoms with Crippen molar-refractivity contribution >= 4 is 57.0 Å². The molecule has 0 saturated carbocycles. The van der Waals surface area contributed by atoms with Crippen LogP contribution >= 0.6 is 23.2 Å². The van der Waals surface area contributed by atoms with E-state index in [4.69, 9.17) is 27.9 Å². The van der Waals surface area contributed by atoms with Crippen molar-refractivity contribution in [3.63, 3.8) is 0 Å². The molecule has 134 valence electrons. The summed E-state index contributed by atoms with van der Waals surface area (Å²) in [5.41, 5.74) is 5.09. The van der Waals surface area contributed by atoms with E-state index in [9.17, 15) is 0 Å². The van der Waals surface area contributed by atoms with Gasteiger partial charge in [-0.3, -0.25) is 5.43 Å². The summed E-state index contributed by atoms with van der Waals surface area (Å²) in [6, 6.07) is 17.2. The Balaban J connectivity index is 1.57. The highest BCUT2D eigenvalue weighted by atomic mass is 35.5. The maximum Gasteiger partial charge on any atom is 0.185 e. The number of benzene rings is 3. The van der Waals surface area contributed by atoms with Gasteiger partial charge in [0.05, 0.1) is 24.4 Å². The molecule has 0 bridgehead atoms. The van der Waals surface area contributed by atoms with Crippen molar-refractivity contribution in [1.29, 1.82) is 0 Å². The Kier molecular flexibility index (Phi) is 4.79. The second-order valence-electron chi connectivity index (χ2n) is 5.84. The first-order valence-corrected chi connectivity index (χ1v) is 8.88. The zero-order valence-electron chi connectivity index (χ0n) is 14.3. The van der Waals surface area contributed by atoms with Gasteiger partial charge in [-0.25, -0.2) is 9.97 Å². The van der Waals surface area contributed by atoms with Crippen molar-refractivity contribution < 1.29 is 4.74 Å². The third-order valence-electron chi connectivity index (χ3n) is 4.04. The quantitative estimate of drug-likeness (QED) is 0.363. The Morgan fingerprint density at radius 3 is 2.59 bits per heavy atom. The van der Waals surface area contributed by atoms with Gasteiger partial charge in [0.25, 0.3) is 0 Å². The Hall–Kier alpha value is -2.89. The first kappa shape index (κ1) is 17.5. The number of nitrogens with one attached hydrogen (secondary N) is 1. The molecule has 0 fully saturated rings. The molecule has 0 aliphatic heterocycles. The molecule has 1 N–H and O–H groups in total. The molecule has 1 aromatic heterocycles. The second kappa shape index (κ2) is 7.39. The van der Waals surface area contributed by atoms with E-state index < -0.39 is 0 Å². The molecule has 0 radical (unpaired) electrons. The number of methoxy groups -OCH3 is 1. The number of fused-ring (bicyclic) bond motifs is 2. The van der Waals surface area contributed by atoms with Crippen molar-refractivity contribution in [2.75, 3.05) is 12.5 Å². The largest absolute Gasteiger partial charge is 0.497 e. The van der Waals surface area contributed by atoms with Gasteiger partial charge in [0.1, 0.15) is 5.75 Å². The maximum atomic E-state index is 6.18. The molecule has 4 rings (SSSR count). The van der Waals surface area contributed by atoms with Crippen LogP contribution in [0.1, 0.15) is 5.56 Å². The minimum absolute atomic E-state index is 0.243. The van der Waals surface area contributed by atoms with E-state index in [1.807, 2.05) is 36.4 Å². The summed E-state index contributed by atoms with van der Waals surface area (Å²) < 4.78 is 5.25. The smallest absolute Gasteiger partial charge is 0.185 e. The van der Waals surface area contributed by atoms with E-state index >= 15 is 0 Å². The van der Waals surface area contributed by atoms with Crippen LogP contribution in [0.2, 0.25) is 10.2 Å². The van der Waals surface area contributed by atoms with Crippen LogP contribution < -0.4 is 10.2 Å². The first-order valence-electron chi connectivity index (χ1n) is 8.12. The minimum Gasteiger partial charge on any atom is -0.497 e. The third kappa shape index (κ3) is 3.79. The summed E-state index contributed by atoms with van der Waals surface area (Å²) in [6.45, 7) is 0. The molecule has 0 unspecified atom stereocenters. The van der Waals surface area contributed by atoms with E-state index in [1.54, 1.807) is 31.5 Å². The summed E-state index contributed by atoms with van der Waals surface area (Å²) in [5.74, 6) is 1.20. The number of anilines is 1. The van der Waals surface area contributed by atoms with Crippen molar-refractivity contribution in [3.05, 3.63) is 70.3 Å². The molecule has 0 atom stereocenters. The van der Waals surface area contributed by atoms with Gasteiger partial charge in [-0.2, -0.15) is 5.10 Å². The summed E-state index contributed by atoms with van der Waals surface area (Å²) in [5, 5.41) is 7.24. The maximum absolute atomic E-state index is 6.18. The van der Waals surface area contributed by atoms with Gasteiger partial charge in [-0.05, 0) is 52.7 Å². The number of rotatable bonds is 4. The fourth-order valence-corrected chi connectivity index (χ4v) is 3.04. The van der Waals surface area contributed by atoms with E-state index in [0.717, 1.165) is 22.1 Å². The average Bonchev–Trinajstić information content (AvgIpc) is 2.68. The predicted octanol–water partition coefficient (Wildman–Crippen LogP) is 5.54. The molecule has 4 aromatic rings. The highest BCUT2D eigenvalue weighted by Gasteiger charge is 2.06. The Bertz CT molecular complexity index is 1180. The fraction of sp³-hybridized carbons (Fsp3) is 0.0500. The van der Waals surface area contributed by atoms with Gasteiger partial charge in [-0.15, -0.1) is 0 Å². The highest BCUT2D eigenvalue weighted by Crippen LogP contribution is 2.24. The Morgan fingerprint density at radius 2 is 1.74 bits per heavy atom. The van der Waals surface area contributed by atoms with Gasteiger partial charge in [0.2, 0.25) is 0 Å². The number of ether oxygens (including phenoxy) is 1. The molecule has 3 aromatic carbocycles. The molecule has 0 aliphatic rings. The van der Waals surface area contributed by atoms with E-state index in [2.05, 4.69) is 20.5 Å². The topological polar surface area (TPSA) is 59.4 Å². The number of hydrazone groups is 1. The summed E-state index contributed by atoms with van der Waals surface area (Å²) >= 11 is 12.2. The van der Waals surface area contributed by atoms with Gasteiger partial charge in [-0.1, -0.05) is 41.4 Å². The molecule has 0 spiro atoms. The molecule has 0 aliphatic carbocycles. The molecular formula is C20H14Cl2N4O. The highest BCUT2D eigenvalue weighted by molar-refractivity contribution is 6.32. The standard InChI is InChI=1S/C20H14Cl2N4O/c1-27-16-6-4-13-8-12(2-3-14(13)9-16)11-23-26-20-19(22)24-17-7-5-15(21)10-18(17)25-20/h2-11H,1H3,(H,25,26)/b23-11-. The fourth-order valence-electron chi connectivity index (χ4n) is 2.69. The lowest BCUT2D eigenvalue weighted by Crippen LogP contribution is -1.97. The summed E-state index contributed by atoms with van der Waals surface area (Å²) in [6.07, 6.45) is 1.70. The van der Waals surface area contributed by atoms with Crippen LogP contribution in [0.25, 0.3) is 21.8 Å². The zero-order chi connectivity index (χ0) is 18.8. The van der Waals surface area contributed by atoms with E-state index in [1.165, 1.54) is 0 Å². The van der Waals surface area contributed by atoms with Crippen LogP contribution in [0.5, 0.6) is 5.75 Å². The molecule has 1 heterocycles. The third-order valence-corrected chi connectivity index (χ3v) is 4.54. The number of hydrogen-bond acceptors (Lipinski definition) is 5. The van der Waals surface area contributed by atoms with E-state index in [0.29, 0.717) is 21.9 Å². The van der Waals surface area contributed by atoms with Gasteiger partial charge < -0.3 is 4.74 Å². The summed E-state index contributed by atoms with van der Waals surface area (Å²) in [4.78, 5) is 8.71. The number of nitrogens with zero attached hydrogens (tertiary/aromatic N) is 3. The predicted molar refractivity (Wildman–Crippen MR) is 111 cm³/mol. The van der Waals surface area contributed by atoms with Gasteiger partial charge >= 0.3 is 0 Å². The molecule has 0 saturated heterocycles. The van der Waals surface area contributed by atoms with Gasteiger partial charge in [0.15, 0.2) is 11.0 Å². The van der Waals surface area contributed by atoms with Crippen LogP contribution in [0.4, 0.5) is 5.82 Å². The lowest BCUT2D eigenvalue weighted by molar-refractivity contribution is 0.415. The van der Waals surface area contributed by atoms with E-state index in [-0.39, 0.29) is 5.15 Å². The monoisotopic (exact) mass is 396 g/mol. The number of halogens is 2. The van der Waals surface area contributed by atoms with Crippen LogP contribution in [-0.4, -0.2) is 23.3 Å². The van der Waals surface area contributed by atoms with Crippen molar-refractivity contribution in [2.45, 2.75) is 0 Å². The lowest BCUT2D eigenvalue weighted by atomic mass is 10.1. The molecule has 5 nitrogen and oxygen atoms in total. The van der Waals surface area contributed by atoms with Crippen molar-refractivity contribution in [3.8, 4) is 5.75 Å². The number of aromatic nitrogens is 2.